The third-order valence-corrected chi connectivity index (χ3v) is 6.78. The van der Waals surface area contributed by atoms with Crippen molar-refractivity contribution in [2.75, 3.05) is 0 Å². The molecular weight excluding hydrogens is 384 g/mol. The fourth-order valence-electron chi connectivity index (χ4n) is 4.32. The first-order valence-electron chi connectivity index (χ1n) is 11.6. The van der Waals surface area contributed by atoms with Gasteiger partial charge in [-0.1, -0.05) is 149 Å². The van der Waals surface area contributed by atoms with E-state index in [4.69, 9.17) is 0 Å². The highest BCUT2D eigenvalue weighted by Gasteiger charge is 2.24. The Morgan fingerprint density at radius 3 is 1.25 bits per heavy atom. The van der Waals surface area contributed by atoms with Crippen molar-refractivity contribution in [3.63, 3.8) is 0 Å². The molecule has 2 aromatic carbocycles. The minimum absolute atomic E-state index is 0.168. The summed E-state index contributed by atoms with van der Waals surface area (Å²) in [5.74, 6) is 0.858. The van der Waals surface area contributed by atoms with Gasteiger partial charge in [-0.05, 0) is 33.1 Å². The zero-order valence-electron chi connectivity index (χ0n) is 19.7. The van der Waals surface area contributed by atoms with Gasteiger partial charge in [0.25, 0.3) is 0 Å². The zero-order chi connectivity index (χ0) is 22.6. The average Bonchev–Trinajstić information content (AvgIpc) is 2.78. The molecule has 0 bridgehead atoms. The minimum Gasteiger partial charge on any atom is -0.0780 e. The second-order valence-corrected chi connectivity index (χ2v) is 10.1. The predicted octanol–water partition coefficient (Wildman–Crippen LogP) is 8.92. The Morgan fingerprint density at radius 2 is 0.906 bits per heavy atom. The lowest BCUT2D eigenvalue weighted by Crippen LogP contribution is -2.19. The molecule has 0 fully saturated rings. The Labute approximate surface area is 194 Å². The normalized spacial score (nSPS) is 23.4. The first-order valence-corrected chi connectivity index (χ1v) is 11.6. The van der Waals surface area contributed by atoms with E-state index in [2.05, 4.69) is 149 Å². The lowest BCUT2D eigenvalue weighted by molar-refractivity contribution is 0.398. The van der Waals surface area contributed by atoms with Gasteiger partial charge in [-0.25, -0.2) is 0 Å². The molecule has 2 aliphatic carbocycles. The molecule has 0 radical (unpaired) electrons. The summed E-state index contributed by atoms with van der Waals surface area (Å²) >= 11 is 0. The summed E-state index contributed by atoms with van der Waals surface area (Å²) in [4.78, 5) is 0. The van der Waals surface area contributed by atoms with Gasteiger partial charge in [0.1, 0.15) is 0 Å². The number of hydrogen-bond acceptors (Lipinski definition) is 0. The smallest absolute Gasteiger partial charge is 0.00389 e. The highest BCUT2D eigenvalue weighted by atomic mass is 14.3. The molecule has 0 amide bonds. The Kier molecular flexibility index (Phi) is 6.33. The summed E-state index contributed by atoms with van der Waals surface area (Å²) in [6.45, 7) is 9.14. The second kappa shape index (κ2) is 9.17. The van der Waals surface area contributed by atoms with Gasteiger partial charge in [0, 0.05) is 11.8 Å². The zero-order valence-corrected chi connectivity index (χ0v) is 19.7. The summed E-state index contributed by atoms with van der Waals surface area (Å²) in [7, 11) is 0. The fraction of sp³-hybridized carbons (Fsp3) is 0.250. The van der Waals surface area contributed by atoms with Crippen LogP contribution >= 0.6 is 0 Å². The molecule has 0 spiro atoms. The molecule has 4 rings (SSSR count). The number of hydrogen-bond donors (Lipinski definition) is 0. The first kappa shape index (κ1) is 22.1. The van der Waals surface area contributed by atoms with E-state index in [1.165, 1.54) is 22.3 Å². The maximum atomic E-state index is 2.31. The molecule has 2 unspecified atom stereocenters. The molecule has 2 atom stereocenters. The standard InChI is InChI=1S/C32H34/c1-31(2)23-7-5-9-29(31)21-15-25-11-17-27(18-12-25)28-19-13-26(14-20-28)16-22-30-10-6-8-24-32(30,3)4/h5-24,29-30H,1-4H3. The van der Waals surface area contributed by atoms with Crippen molar-refractivity contribution >= 4 is 12.2 Å². The van der Waals surface area contributed by atoms with Crippen molar-refractivity contribution < 1.29 is 0 Å². The molecule has 0 saturated heterocycles. The molecule has 0 heteroatoms. The third-order valence-electron chi connectivity index (χ3n) is 6.78. The van der Waals surface area contributed by atoms with Gasteiger partial charge < -0.3 is 0 Å². The van der Waals surface area contributed by atoms with E-state index >= 15 is 0 Å². The summed E-state index contributed by atoms with van der Waals surface area (Å²) in [6, 6.07) is 17.7. The maximum absolute atomic E-state index is 2.31. The SMILES string of the molecule is CC1(C)C=CC=CC1C=Cc1ccc(-c2ccc(C=CC3C=CC=CC3(C)C)cc2)cc1. The van der Waals surface area contributed by atoms with Gasteiger partial charge in [-0.2, -0.15) is 0 Å². The molecule has 0 aromatic heterocycles. The van der Waals surface area contributed by atoms with E-state index in [-0.39, 0.29) is 10.8 Å². The Hall–Kier alpha value is -3.12. The van der Waals surface area contributed by atoms with Gasteiger partial charge in [-0.3, -0.25) is 0 Å². The fourth-order valence-corrected chi connectivity index (χ4v) is 4.32. The van der Waals surface area contributed by atoms with Crippen molar-refractivity contribution in [2.24, 2.45) is 22.7 Å². The quantitative estimate of drug-likeness (QED) is 0.454. The molecule has 0 heterocycles. The third kappa shape index (κ3) is 5.19. The highest BCUT2D eigenvalue weighted by Crippen LogP contribution is 2.35. The van der Waals surface area contributed by atoms with Gasteiger partial charge in [0.05, 0.1) is 0 Å². The van der Waals surface area contributed by atoms with Crippen molar-refractivity contribution in [2.45, 2.75) is 27.7 Å². The molecule has 0 N–H and O–H groups in total. The van der Waals surface area contributed by atoms with Crippen molar-refractivity contribution in [3.8, 4) is 11.1 Å². The first-order chi connectivity index (χ1) is 15.3. The second-order valence-electron chi connectivity index (χ2n) is 10.1. The van der Waals surface area contributed by atoms with Crippen LogP contribution in [0, 0.1) is 22.7 Å². The van der Waals surface area contributed by atoms with Crippen LogP contribution in [0.2, 0.25) is 0 Å². The van der Waals surface area contributed by atoms with Crippen LogP contribution in [0.5, 0.6) is 0 Å². The van der Waals surface area contributed by atoms with E-state index in [0.717, 1.165) is 0 Å². The Bertz CT molecular complexity index is 1000. The van der Waals surface area contributed by atoms with Gasteiger partial charge in [0.15, 0.2) is 0 Å². The van der Waals surface area contributed by atoms with Crippen molar-refractivity contribution in [1.82, 2.24) is 0 Å². The van der Waals surface area contributed by atoms with Gasteiger partial charge in [0.2, 0.25) is 0 Å². The molecule has 0 nitrogen and oxygen atoms in total. The van der Waals surface area contributed by atoms with Crippen molar-refractivity contribution in [1.29, 1.82) is 0 Å². The lowest BCUT2D eigenvalue weighted by atomic mass is 9.76. The minimum atomic E-state index is 0.168. The maximum Gasteiger partial charge on any atom is 0.00389 e. The molecule has 0 saturated carbocycles. The van der Waals surface area contributed by atoms with E-state index in [1.807, 2.05) is 0 Å². The highest BCUT2D eigenvalue weighted by molar-refractivity contribution is 5.67. The van der Waals surface area contributed by atoms with Crippen LogP contribution in [-0.2, 0) is 0 Å². The number of rotatable bonds is 5. The van der Waals surface area contributed by atoms with Crippen LogP contribution in [0.25, 0.3) is 23.3 Å². The van der Waals surface area contributed by atoms with Crippen LogP contribution in [-0.4, -0.2) is 0 Å². The summed E-state index contributed by atoms with van der Waals surface area (Å²) in [5, 5.41) is 0. The lowest BCUT2D eigenvalue weighted by Gasteiger charge is -2.29. The van der Waals surface area contributed by atoms with Crippen LogP contribution in [0.15, 0.2) is 109 Å². The van der Waals surface area contributed by atoms with E-state index in [9.17, 15) is 0 Å². The number of benzene rings is 2. The van der Waals surface area contributed by atoms with Crippen LogP contribution < -0.4 is 0 Å². The van der Waals surface area contributed by atoms with Gasteiger partial charge in [-0.15, -0.1) is 0 Å². The summed E-state index contributed by atoms with van der Waals surface area (Å²) in [5.41, 5.74) is 5.32. The van der Waals surface area contributed by atoms with E-state index < -0.39 is 0 Å². The molecule has 162 valence electrons. The topological polar surface area (TPSA) is 0 Å². The Balaban J connectivity index is 1.41. The number of allylic oxidation sites excluding steroid dienone is 10. The monoisotopic (exact) mass is 418 g/mol. The molecule has 2 aliphatic rings. The molecular formula is C32H34. The Morgan fingerprint density at radius 1 is 0.531 bits per heavy atom. The van der Waals surface area contributed by atoms with Crippen LogP contribution in [0.4, 0.5) is 0 Å². The average molecular weight is 419 g/mol. The molecule has 2 aromatic rings. The van der Waals surface area contributed by atoms with Crippen LogP contribution in [0.3, 0.4) is 0 Å². The van der Waals surface area contributed by atoms with E-state index in [0.29, 0.717) is 11.8 Å². The van der Waals surface area contributed by atoms with E-state index in [1.54, 1.807) is 0 Å². The predicted molar refractivity (Wildman–Crippen MR) is 141 cm³/mol. The van der Waals surface area contributed by atoms with Crippen molar-refractivity contribution in [3.05, 3.63) is 120 Å². The molecule has 0 aliphatic heterocycles. The molecule has 32 heavy (non-hydrogen) atoms. The van der Waals surface area contributed by atoms with Crippen LogP contribution in [0.1, 0.15) is 38.8 Å². The van der Waals surface area contributed by atoms with Gasteiger partial charge >= 0.3 is 0 Å². The largest absolute Gasteiger partial charge is 0.0780 e. The summed E-state index contributed by atoms with van der Waals surface area (Å²) < 4.78 is 0. The summed E-state index contributed by atoms with van der Waals surface area (Å²) in [6.07, 6.45) is 26.8.